The third kappa shape index (κ3) is 6.06. The van der Waals surface area contributed by atoms with Crippen LogP contribution in [0.15, 0.2) is 71.2 Å². The van der Waals surface area contributed by atoms with Gasteiger partial charge in [0.05, 0.1) is 0 Å². The first-order valence-electron chi connectivity index (χ1n) is 11.9. The second-order valence-corrected chi connectivity index (χ2v) is 11.2. The fourth-order valence-corrected chi connectivity index (χ4v) is 4.42. The molecule has 3 aromatic carbocycles. The van der Waals surface area contributed by atoms with Crippen molar-refractivity contribution in [2.45, 2.75) is 58.8 Å². The Labute approximate surface area is 217 Å². The average molecular weight is 534 g/mol. The number of fused-ring (bicyclic) bond motifs is 2. The van der Waals surface area contributed by atoms with Crippen LogP contribution in [0.1, 0.15) is 67.2 Å². The second kappa shape index (κ2) is 9.67. The summed E-state index contributed by atoms with van der Waals surface area (Å²) < 4.78 is 12.8. The number of aryl methyl sites for hydroxylation is 2. The molecule has 0 aliphatic carbocycles. The first-order valence-corrected chi connectivity index (χ1v) is 12.7. The number of aliphatic hydroxyl groups is 1. The number of aliphatic hydroxyl groups excluding tert-OH is 1. The highest BCUT2D eigenvalue weighted by Gasteiger charge is 2.23. The van der Waals surface area contributed by atoms with Crippen LogP contribution in [-0.4, -0.2) is 16.3 Å². The molecule has 182 valence electrons. The van der Waals surface area contributed by atoms with Gasteiger partial charge in [-0.05, 0) is 106 Å². The summed E-state index contributed by atoms with van der Waals surface area (Å²) in [5.74, 6) is 1.82. The van der Waals surface area contributed by atoms with E-state index in [-0.39, 0.29) is 11.2 Å². The average Bonchev–Trinajstić information content (AvgIpc) is 2.80. The summed E-state index contributed by atoms with van der Waals surface area (Å²) in [6.45, 7) is 12.3. The highest BCUT2D eigenvalue weighted by Crippen LogP contribution is 2.34. The van der Waals surface area contributed by atoms with E-state index in [4.69, 9.17) is 9.47 Å². The van der Waals surface area contributed by atoms with Crippen molar-refractivity contribution in [3.05, 3.63) is 105 Å². The van der Waals surface area contributed by atoms with Crippen LogP contribution in [0.5, 0.6) is 11.5 Å². The molecule has 2 aliphatic heterocycles. The highest BCUT2D eigenvalue weighted by molar-refractivity contribution is 9.10. The van der Waals surface area contributed by atoms with Crippen LogP contribution in [0.25, 0.3) is 12.2 Å². The van der Waals surface area contributed by atoms with Gasteiger partial charge in [-0.3, -0.25) is 0 Å². The SMILES string of the molecule is CC1(C)C=Cc2cc(Br)ccc2O1.Cc1ccc(C(O)c2ccc3c(c2)C=CC(C)(C)O3)cc1C. The Morgan fingerprint density at radius 1 is 0.686 bits per heavy atom. The van der Waals surface area contributed by atoms with Crippen molar-refractivity contribution >= 4 is 28.1 Å². The summed E-state index contributed by atoms with van der Waals surface area (Å²) in [5.41, 5.74) is 5.93. The summed E-state index contributed by atoms with van der Waals surface area (Å²) in [6.07, 6.45) is 7.66. The van der Waals surface area contributed by atoms with Crippen molar-refractivity contribution in [3.8, 4) is 11.5 Å². The van der Waals surface area contributed by atoms with E-state index in [1.807, 2.05) is 56.3 Å². The van der Waals surface area contributed by atoms with E-state index in [1.165, 1.54) is 11.1 Å². The van der Waals surface area contributed by atoms with E-state index in [0.717, 1.165) is 38.2 Å². The molecular weight excluding hydrogens is 500 g/mol. The maximum atomic E-state index is 10.6. The van der Waals surface area contributed by atoms with Crippen molar-refractivity contribution in [1.82, 2.24) is 0 Å². The quantitative estimate of drug-likeness (QED) is 0.361. The predicted molar refractivity (Wildman–Crippen MR) is 148 cm³/mol. The zero-order chi connectivity index (χ0) is 25.4. The molecule has 1 N–H and O–H groups in total. The summed E-state index contributed by atoms with van der Waals surface area (Å²) >= 11 is 3.43. The van der Waals surface area contributed by atoms with Crippen LogP contribution in [-0.2, 0) is 0 Å². The molecule has 0 aromatic heterocycles. The molecule has 3 aromatic rings. The third-order valence-electron chi connectivity index (χ3n) is 6.24. The van der Waals surface area contributed by atoms with Crippen LogP contribution < -0.4 is 9.47 Å². The van der Waals surface area contributed by atoms with Gasteiger partial charge in [0.2, 0.25) is 0 Å². The van der Waals surface area contributed by atoms with Gasteiger partial charge < -0.3 is 14.6 Å². The summed E-state index contributed by atoms with van der Waals surface area (Å²) in [5, 5.41) is 10.6. The number of ether oxygens (including phenoxy) is 2. The summed E-state index contributed by atoms with van der Waals surface area (Å²) in [6, 6.07) is 18.0. The Kier molecular flexibility index (Phi) is 6.99. The predicted octanol–water partition coefficient (Wildman–Crippen LogP) is 8.20. The molecule has 2 aliphatic rings. The fraction of sp³-hybridized carbons (Fsp3) is 0.290. The van der Waals surface area contributed by atoms with Gasteiger partial charge in [0.15, 0.2) is 0 Å². The topological polar surface area (TPSA) is 38.7 Å². The van der Waals surface area contributed by atoms with Crippen molar-refractivity contribution < 1.29 is 14.6 Å². The molecule has 0 saturated heterocycles. The monoisotopic (exact) mass is 532 g/mol. The first kappa shape index (κ1) is 25.3. The molecular formula is C31H33BrO3. The van der Waals surface area contributed by atoms with Gasteiger partial charge in [-0.15, -0.1) is 0 Å². The maximum Gasteiger partial charge on any atom is 0.127 e. The lowest BCUT2D eigenvalue weighted by Gasteiger charge is -2.28. The van der Waals surface area contributed by atoms with E-state index >= 15 is 0 Å². The smallest absolute Gasteiger partial charge is 0.127 e. The fourth-order valence-electron chi connectivity index (χ4n) is 4.05. The Morgan fingerprint density at radius 2 is 1.20 bits per heavy atom. The molecule has 0 spiro atoms. The number of hydrogen-bond donors (Lipinski definition) is 1. The molecule has 1 unspecified atom stereocenters. The van der Waals surface area contributed by atoms with Crippen molar-refractivity contribution in [2.24, 2.45) is 0 Å². The standard InChI is InChI=1S/C20H22O2.C11H11BrO/c1-13-5-6-16(11-14(13)2)19(21)17-7-8-18-15(12-17)9-10-20(3,4)22-18;1-11(2)6-5-8-7-9(12)3-4-10(8)13-11/h5-12,19,21H,1-4H3;3-7H,1-2H3. The largest absolute Gasteiger partial charge is 0.483 e. The molecule has 0 saturated carbocycles. The van der Waals surface area contributed by atoms with Crippen molar-refractivity contribution in [3.63, 3.8) is 0 Å². The Hall–Kier alpha value is -2.82. The number of hydrogen-bond acceptors (Lipinski definition) is 3. The number of benzene rings is 3. The number of rotatable bonds is 2. The minimum atomic E-state index is -0.618. The molecule has 0 amide bonds. The first-order chi connectivity index (χ1) is 16.4. The van der Waals surface area contributed by atoms with Gasteiger partial charge in [0.1, 0.15) is 28.8 Å². The van der Waals surface area contributed by atoms with Gasteiger partial charge >= 0.3 is 0 Å². The molecule has 0 radical (unpaired) electrons. The normalized spacial score (nSPS) is 17.1. The van der Waals surface area contributed by atoms with E-state index in [9.17, 15) is 5.11 Å². The van der Waals surface area contributed by atoms with Crippen LogP contribution in [0.3, 0.4) is 0 Å². The van der Waals surface area contributed by atoms with Gasteiger partial charge in [-0.1, -0.05) is 52.3 Å². The van der Waals surface area contributed by atoms with Gasteiger partial charge in [0, 0.05) is 15.6 Å². The maximum absolute atomic E-state index is 10.6. The molecule has 1 atom stereocenters. The van der Waals surface area contributed by atoms with Crippen molar-refractivity contribution in [1.29, 1.82) is 0 Å². The number of halogens is 1. The molecule has 5 rings (SSSR count). The Morgan fingerprint density at radius 3 is 1.80 bits per heavy atom. The van der Waals surface area contributed by atoms with Crippen LogP contribution in [0.2, 0.25) is 0 Å². The lowest BCUT2D eigenvalue weighted by atomic mass is 9.95. The zero-order valence-electron chi connectivity index (χ0n) is 21.2. The Bertz CT molecular complexity index is 1300. The van der Waals surface area contributed by atoms with E-state index in [1.54, 1.807) is 0 Å². The minimum absolute atomic E-state index is 0.180. The summed E-state index contributed by atoms with van der Waals surface area (Å²) in [4.78, 5) is 0. The van der Waals surface area contributed by atoms with Crippen LogP contribution in [0, 0.1) is 13.8 Å². The van der Waals surface area contributed by atoms with Crippen LogP contribution >= 0.6 is 15.9 Å². The molecule has 4 heteroatoms. The molecule has 3 nitrogen and oxygen atoms in total. The highest BCUT2D eigenvalue weighted by atomic mass is 79.9. The van der Waals surface area contributed by atoms with Gasteiger partial charge in [0.25, 0.3) is 0 Å². The van der Waals surface area contributed by atoms with Gasteiger partial charge in [-0.25, -0.2) is 0 Å². The van der Waals surface area contributed by atoms with Crippen LogP contribution in [0.4, 0.5) is 0 Å². The third-order valence-corrected chi connectivity index (χ3v) is 6.74. The van der Waals surface area contributed by atoms with Gasteiger partial charge in [-0.2, -0.15) is 0 Å². The molecule has 0 bridgehead atoms. The van der Waals surface area contributed by atoms with E-state index in [2.05, 4.69) is 80.1 Å². The van der Waals surface area contributed by atoms with E-state index in [0.29, 0.717) is 0 Å². The zero-order valence-corrected chi connectivity index (χ0v) is 22.8. The molecule has 0 fully saturated rings. The van der Waals surface area contributed by atoms with Crippen molar-refractivity contribution in [2.75, 3.05) is 0 Å². The summed E-state index contributed by atoms with van der Waals surface area (Å²) in [7, 11) is 0. The lowest BCUT2D eigenvalue weighted by Crippen LogP contribution is -2.27. The Balaban J connectivity index is 0.000000189. The lowest BCUT2D eigenvalue weighted by molar-refractivity contribution is 0.158. The molecule has 2 heterocycles. The second-order valence-electron chi connectivity index (χ2n) is 10.3. The molecule has 35 heavy (non-hydrogen) atoms. The minimum Gasteiger partial charge on any atom is -0.483 e. The van der Waals surface area contributed by atoms with E-state index < -0.39 is 6.10 Å².